The lowest BCUT2D eigenvalue weighted by Gasteiger charge is -2.46. The van der Waals surface area contributed by atoms with Gasteiger partial charge in [-0.2, -0.15) is 0 Å². The van der Waals surface area contributed by atoms with E-state index in [1.54, 1.807) is 6.07 Å². The van der Waals surface area contributed by atoms with Crippen molar-refractivity contribution in [2.45, 2.75) is 64.0 Å². The Balaban J connectivity index is 1.79. The summed E-state index contributed by atoms with van der Waals surface area (Å²) in [6.45, 7) is 9.23. The zero-order chi connectivity index (χ0) is 18.8. The molecule has 3 heterocycles. The third-order valence-electron chi connectivity index (χ3n) is 6.37. The number of amides is 1. The number of rotatable bonds is 7. The second-order valence-corrected chi connectivity index (χ2v) is 7.55. The van der Waals surface area contributed by atoms with Crippen LogP contribution in [0.1, 0.15) is 52.9 Å². The van der Waals surface area contributed by atoms with Gasteiger partial charge in [0.05, 0.1) is 30.3 Å². The average Bonchev–Trinajstić information content (AvgIpc) is 3.09. The maximum absolute atomic E-state index is 13.3. The van der Waals surface area contributed by atoms with Crippen molar-refractivity contribution in [1.29, 1.82) is 0 Å². The summed E-state index contributed by atoms with van der Waals surface area (Å²) >= 11 is 0. The largest absolute Gasteiger partial charge is 0.381 e. The molecule has 2 atom stereocenters. The van der Waals surface area contributed by atoms with E-state index in [-0.39, 0.29) is 22.8 Å². The van der Waals surface area contributed by atoms with Crippen molar-refractivity contribution in [3.63, 3.8) is 0 Å². The van der Waals surface area contributed by atoms with E-state index in [0.29, 0.717) is 19.6 Å². The lowest BCUT2D eigenvalue weighted by atomic mass is 9.77. The third kappa shape index (κ3) is 2.98. The average molecular weight is 363 g/mol. The number of nitrogens with zero attached hydrogens (tertiary/aromatic N) is 3. The lowest BCUT2D eigenvalue weighted by molar-refractivity contribution is -0.136. The molecule has 0 bridgehead atoms. The summed E-state index contributed by atoms with van der Waals surface area (Å²) < 4.78 is 18.8. The highest BCUT2D eigenvalue weighted by atomic mass is 19.1. The summed E-state index contributed by atoms with van der Waals surface area (Å²) in [6.07, 6.45) is 5.43. The number of aromatic nitrogens is 1. The van der Waals surface area contributed by atoms with Gasteiger partial charge in [-0.15, -0.1) is 0 Å². The van der Waals surface area contributed by atoms with Gasteiger partial charge < -0.3 is 14.5 Å². The van der Waals surface area contributed by atoms with Crippen LogP contribution in [0.3, 0.4) is 0 Å². The number of carbonyl (C=O) groups is 1. The highest BCUT2D eigenvalue weighted by molar-refractivity contribution is 5.78. The van der Waals surface area contributed by atoms with Gasteiger partial charge in [-0.25, -0.2) is 9.37 Å². The van der Waals surface area contributed by atoms with Gasteiger partial charge >= 0.3 is 0 Å². The summed E-state index contributed by atoms with van der Waals surface area (Å²) in [5.41, 5.74) is -0.364. The van der Waals surface area contributed by atoms with Gasteiger partial charge in [-0.1, -0.05) is 13.8 Å². The molecule has 2 fully saturated rings. The Morgan fingerprint density at radius 1 is 1.27 bits per heavy atom. The summed E-state index contributed by atoms with van der Waals surface area (Å²) in [5, 5.41) is 0. The third-order valence-corrected chi connectivity index (χ3v) is 6.37. The van der Waals surface area contributed by atoms with Gasteiger partial charge in [0.1, 0.15) is 11.6 Å². The topological polar surface area (TPSA) is 45.7 Å². The van der Waals surface area contributed by atoms with Gasteiger partial charge in [0.25, 0.3) is 0 Å². The van der Waals surface area contributed by atoms with Gasteiger partial charge in [0, 0.05) is 19.7 Å². The van der Waals surface area contributed by atoms with Crippen LogP contribution >= 0.6 is 0 Å². The van der Waals surface area contributed by atoms with Crippen LogP contribution in [0.4, 0.5) is 10.2 Å². The quantitative estimate of drug-likeness (QED) is 0.697. The van der Waals surface area contributed by atoms with Gasteiger partial charge in [-0.3, -0.25) is 4.79 Å². The molecular weight excluding hydrogens is 333 g/mol. The minimum Gasteiger partial charge on any atom is -0.381 e. The van der Waals surface area contributed by atoms with Crippen LogP contribution < -0.4 is 4.90 Å². The maximum Gasteiger partial charge on any atom is 0.225 e. The van der Waals surface area contributed by atoms with Crippen LogP contribution in [-0.4, -0.2) is 53.2 Å². The molecule has 1 aromatic heterocycles. The first-order valence-corrected chi connectivity index (χ1v) is 9.76. The van der Waals surface area contributed by atoms with E-state index in [4.69, 9.17) is 4.74 Å². The minimum absolute atomic E-state index is 0.141. The lowest BCUT2D eigenvalue weighted by Crippen LogP contribution is -2.59. The van der Waals surface area contributed by atoms with Crippen LogP contribution in [-0.2, 0) is 9.53 Å². The Kier molecular flexibility index (Phi) is 5.51. The van der Waals surface area contributed by atoms with E-state index in [1.807, 2.05) is 0 Å². The number of hydrogen-bond acceptors (Lipinski definition) is 4. The SMILES string of the molecule is CCCOCCC(=O)N1CC[C@@]2(CC)N(c3ccc(F)cn3)CC[C@@]12C. The van der Waals surface area contributed by atoms with E-state index in [9.17, 15) is 9.18 Å². The van der Waals surface area contributed by atoms with Crippen molar-refractivity contribution < 1.29 is 13.9 Å². The monoisotopic (exact) mass is 363 g/mol. The Bertz CT molecular complexity index is 638. The van der Waals surface area contributed by atoms with Crippen LogP contribution in [0, 0.1) is 5.82 Å². The van der Waals surface area contributed by atoms with Crippen molar-refractivity contribution in [2.24, 2.45) is 0 Å². The van der Waals surface area contributed by atoms with Crippen molar-refractivity contribution in [1.82, 2.24) is 9.88 Å². The molecule has 2 aliphatic heterocycles. The smallest absolute Gasteiger partial charge is 0.225 e. The number of anilines is 1. The Labute approximate surface area is 155 Å². The minimum atomic E-state index is -0.323. The van der Waals surface area contributed by atoms with E-state index >= 15 is 0 Å². The van der Waals surface area contributed by atoms with Crippen molar-refractivity contribution >= 4 is 11.7 Å². The molecule has 6 heteroatoms. The fourth-order valence-corrected chi connectivity index (χ4v) is 4.95. The number of carbonyl (C=O) groups excluding carboxylic acids is 1. The zero-order valence-corrected chi connectivity index (χ0v) is 16.1. The number of halogens is 1. The molecule has 2 aliphatic rings. The van der Waals surface area contributed by atoms with E-state index in [0.717, 1.165) is 44.6 Å². The van der Waals surface area contributed by atoms with Crippen LogP contribution in [0.5, 0.6) is 0 Å². The number of fused-ring (bicyclic) bond motifs is 1. The molecule has 26 heavy (non-hydrogen) atoms. The van der Waals surface area contributed by atoms with Crippen LogP contribution in [0.15, 0.2) is 18.3 Å². The molecule has 1 amide bonds. The fraction of sp³-hybridized carbons (Fsp3) is 0.700. The molecule has 3 rings (SSSR count). The summed E-state index contributed by atoms with van der Waals surface area (Å²) in [4.78, 5) is 21.5. The highest BCUT2D eigenvalue weighted by Gasteiger charge is 2.63. The predicted octanol–water partition coefficient (Wildman–Crippen LogP) is 3.39. The maximum atomic E-state index is 13.3. The summed E-state index contributed by atoms with van der Waals surface area (Å²) in [5.74, 6) is 0.655. The van der Waals surface area contributed by atoms with Gasteiger partial charge in [0.2, 0.25) is 5.91 Å². The predicted molar refractivity (Wildman–Crippen MR) is 99.6 cm³/mol. The Hall–Kier alpha value is -1.69. The molecule has 0 saturated carbocycles. The molecule has 0 unspecified atom stereocenters. The van der Waals surface area contributed by atoms with Crippen molar-refractivity contribution in [3.8, 4) is 0 Å². The zero-order valence-electron chi connectivity index (χ0n) is 16.1. The molecule has 0 spiro atoms. The molecule has 144 valence electrons. The molecule has 0 N–H and O–H groups in total. The molecule has 5 nitrogen and oxygen atoms in total. The number of likely N-dealkylation sites (tertiary alicyclic amines) is 1. The standard InChI is InChI=1S/C20H30FN3O2/c1-4-13-26-14-8-18(25)24-12-10-20(5-2)19(24,3)9-11-23(20)17-7-6-16(21)15-22-17/h6-7,15H,4-5,8-14H2,1-3H3/t19-,20-/m1/s1. The molecule has 2 saturated heterocycles. The molecule has 0 aromatic carbocycles. The van der Waals surface area contributed by atoms with Crippen molar-refractivity contribution in [2.75, 3.05) is 31.2 Å². The highest BCUT2D eigenvalue weighted by Crippen LogP contribution is 2.52. The van der Waals surface area contributed by atoms with Crippen molar-refractivity contribution in [3.05, 3.63) is 24.1 Å². The normalized spacial score (nSPS) is 27.8. The van der Waals surface area contributed by atoms with E-state index in [1.165, 1.54) is 12.3 Å². The molecule has 0 aliphatic carbocycles. The summed E-state index contributed by atoms with van der Waals surface area (Å²) in [7, 11) is 0. The molecule has 0 radical (unpaired) electrons. The number of hydrogen-bond donors (Lipinski definition) is 0. The van der Waals surface area contributed by atoms with Crippen LogP contribution in [0.25, 0.3) is 0 Å². The second-order valence-electron chi connectivity index (χ2n) is 7.55. The van der Waals surface area contributed by atoms with Crippen LogP contribution in [0.2, 0.25) is 0 Å². The number of ether oxygens (including phenoxy) is 1. The van der Waals surface area contributed by atoms with E-state index < -0.39 is 0 Å². The fourth-order valence-electron chi connectivity index (χ4n) is 4.95. The molecular formula is C20H30FN3O2. The van der Waals surface area contributed by atoms with Gasteiger partial charge in [-0.05, 0) is 44.7 Å². The first-order chi connectivity index (χ1) is 12.5. The summed E-state index contributed by atoms with van der Waals surface area (Å²) in [6, 6.07) is 3.21. The van der Waals surface area contributed by atoms with E-state index in [2.05, 4.69) is 35.6 Å². The Morgan fingerprint density at radius 2 is 2.08 bits per heavy atom. The first-order valence-electron chi connectivity index (χ1n) is 9.76. The second kappa shape index (κ2) is 7.51. The first kappa shape index (κ1) is 19.1. The van der Waals surface area contributed by atoms with Gasteiger partial charge in [0.15, 0.2) is 0 Å². The molecule has 1 aromatic rings. The Morgan fingerprint density at radius 3 is 2.73 bits per heavy atom. The number of pyridine rings is 1.